The first-order valence-corrected chi connectivity index (χ1v) is 27.6. The molecule has 8 unspecified atom stereocenters. The quantitative estimate of drug-likeness (QED) is 0.0523. The molecule has 0 spiro atoms. The lowest BCUT2D eigenvalue weighted by atomic mass is 10.1. The van der Waals surface area contributed by atoms with Gasteiger partial charge in [0.2, 0.25) is 0 Å². The summed E-state index contributed by atoms with van der Waals surface area (Å²) in [5, 5.41) is 8.95. The Morgan fingerprint density at radius 1 is 0.237 bits per heavy atom. The second kappa shape index (κ2) is 24.7. The van der Waals surface area contributed by atoms with Crippen LogP contribution < -0.4 is 37.9 Å². The molecule has 416 valence electrons. The van der Waals surface area contributed by atoms with Crippen molar-refractivity contribution in [1.82, 2.24) is 0 Å². The van der Waals surface area contributed by atoms with Gasteiger partial charge in [-0.3, -0.25) is 0 Å². The first-order chi connectivity index (χ1) is 39.5. The molecule has 8 saturated heterocycles. The number of hydrogen-bond donors (Lipinski definition) is 0. The summed E-state index contributed by atoms with van der Waals surface area (Å²) >= 11 is 0. The van der Waals surface area contributed by atoms with Gasteiger partial charge >= 0.3 is 0 Å². The molecule has 0 amide bonds. The summed E-state index contributed by atoms with van der Waals surface area (Å²) in [6, 6.07) is 48.5. The normalized spacial score (nSPS) is 23.6. The van der Waals surface area contributed by atoms with Crippen molar-refractivity contribution in [2.24, 2.45) is 0 Å². The topological polar surface area (TPSA) is 174 Å². The van der Waals surface area contributed by atoms with Crippen LogP contribution in [0.4, 0.5) is 0 Å². The van der Waals surface area contributed by atoms with E-state index in [4.69, 9.17) is 75.8 Å². The highest BCUT2D eigenvalue weighted by molar-refractivity contribution is 5.93. The van der Waals surface area contributed by atoms with Gasteiger partial charge in [0.25, 0.3) is 0 Å². The predicted molar refractivity (Wildman–Crippen MR) is 298 cm³/mol. The third kappa shape index (κ3) is 15.8. The van der Waals surface area contributed by atoms with E-state index in [1.165, 1.54) is 5.39 Å². The van der Waals surface area contributed by atoms with Gasteiger partial charge in [0, 0.05) is 16.2 Å². The number of fused-ring (bicyclic) bond motifs is 4. The molecule has 8 aromatic carbocycles. The first kappa shape index (κ1) is 52.3. The molecule has 0 N–H and O–H groups in total. The van der Waals surface area contributed by atoms with Crippen LogP contribution in [-0.4, -0.2) is 155 Å². The van der Waals surface area contributed by atoms with Crippen molar-refractivity contribution in [1.29, 1.82) is 0 Å². The van der Waals surface area contributed by atoms with Gasteiger partial charge in [0.1, 0.15) is 148 Å². The van der Waals surface area contributed by atoms with Crippen LogP contribution in [0.3, 0.4) is 0 Å². The molecule has 8 aliphatic rings. The minimum Gasteiger partial charge on any atom is -0.491 e. The molecule has 0 aliphatic carbocycles. The van der Waals surface area contributed by atoms with E-state index < -0.39 is 0 Å². The SMILES string of the molecule is c1cc(OCC2CO2)c2cc(OCC3CO3)ccc2c1.c1cc(OCC2CO2)c2cccc(OCC3CO3)c2c1.c1cc2cc(OCC3CO3)ccc2cc1OCC1CO1.c1cc2ccc(OCC3CO3)cc2cc1OCC1CO1. The molecule has 0 radical (unpaired) electrons. The summed E-state index contributed by atoms with van der Waals surface area (Å²) in [7, 11) is 0. The van der Waals surface area contributed by atoms with E-state index >= 15 is 0 Å². The summed E-state index contributed by atoms with van der Waals surface area (Å²) in [6.45, 7) is 11.5. The zero-order chi connectivity index (χ0) is 53.5. The molecule has 8 aliphatic heterocycles. The monoisotopic (exact) mass is 1090 g/mol. The van der Waals surface area contributed by atoms with E-state index in [0.29, 0.717) is 52.9 Å². The van der Waals surface area contributed by atoms with Crippen molar-refractivity contribution in [2.75, 3.05) is 106 Å². The fraction of sp³-hybridized carbons (Fsp3) is 0.375. The summed E-state index contributed by atoms with van der Waals surface area (Å²) < 4.78 is 87.2. The Hall–Kier alpha value is -7.12. The van der Waals surface area contributed by atoms with Crippen LogP contribution in [0, 0.1) is 0 Å². The Morgan fingerprint density at radius 3 is 0.838 bits per heavy atom. The maximum Gasteiger partial charge on any atom is 0.127 e. The Morgan fingerprint density at radius 2 is 0.500 bits per heavy atom. The van der Waals surface area contributed by atoms with E-state index in [9.17, 15) is 0 Å². The standard InChI is InChI=1S/4C16H16O4/c1-3-13(17-7-15-9-19-15)6-12-2-4-14(5-11(1)12)18-8-16-10-20-16;1-3-13(17-7-15-9-19-15)5-12-6-14(4-2-11(1)12)18-8-16-10-20-16;1-3-13-14(15(5-1)19-9-11-7-17-11)4-2-6-16(13)20-10-12-8-18-12;1-2-11-4-5-12(17-7-13-8-18-13)6-15(11)16(3-1)20-10-14-9-19-14/h2*1-6,15-16H,7-10H2;1-6,11-12H,7-10H2;1-6,13-14H,7-10H2. The van der Waals surface area contributed by atoms with Crippen LogP contribution in [0.5, 0.6) is 46.0 Å². The Bertz CT molecular complexity index is 3150. The van der Waals surface area contributed by atoms with Gasteiger partial charge in [-0.05, 0) is 106 Å². The molecular weight excluding hydrogens is 1020 g/mol. The Balaban J connectivity index is 0.000000101. The maximum atomic E-state index is 5.83. The molecule has 0 saturated carbocycles. The molecular formula is C64H64O16. The van der Waals surface area contributed by atoms with Gasteiger partial charge in [-0.15, -0.1) is 0 Å². The number of rotatable bonds is 24. The van der Waals surface area contributed by atoms with Crippen molar-refractivity contribution in [2.45, 2.75) is 48.8 Å². The summed E-state index contributed by atoms with van der Waals surface area (Å²) in [4.78, 5) is 0. The van der Waals surface area contributed by atoms with Gasteiger partial charge in [-0.2, -0.15) is 0 Å². The van der Waals surface area contributed by atoms with E-state index in [-0.39, 0.29) is 48.8 Å². The van der Waals surface area contributed by atoms with Crippen LogP contribution in [0.15, 0.2) is 146 Å². The third-order valence-electron chi connectivity index (χ3n) is 13.9. The van der Waals surface area contributed by atoms with E-state index in [1.807, 2.05) is 97.1 Å². The van der Waals surface area contributed by atoms with Gasteiger partial charge in [-0.1, -0.05) is 66.7 Å². The van der Waals surface area contributed by atoms with Crippen molar-refractivity contribution < 1.29 is 75.8 Å². The molecule has 0 aromatic heterocycles. The smallest absolute Gasteiger partial charge is 0.127 e. The lowest BCUT2D eigenvalue weighted by Gasteiger charge is -2.11. The molecule has 16 rings (SSSR count). The van der Waals surface area contributed by atoms with E-state index in [1.54, 1.807) is 0 Å². The molecule has 8 heterocycles. The Labute approximate surface area is 463 Å². The highest BCUT2D eigenvalue weighted by Crippen LogP contribution is 2.35. The van der Waals surface area contributed by atoms with Gasteiger partial charge < -0.3 is 75.8 Å². The van der Waals surface area contributed by atoms with Crippen molar-refractivity contribution in [3.05, 3.63) is 146 Å². The average Bonchev–Trinajstić information content (AvgIpc) is 4.31. The van der Waals surface area contributed by atoms with Crippen molar-refractivity contribution in [3.63, 3.8) is 0 Å². The summed E-state index contributed by atoms with van der Waals surface area (Å²) in [5.74, 6) is 7.00. The van der Waals surface area contributed by atoms with Gasteiger partial charge in [-0.25, -0.2) is 0 Å². The third-order valence-corrected chi connectivity index (χ3v) is 13.9. The molecule has 8 atom stereocenters. The minimum absolute atomic E-state index is 0.261. The molecule has 16 heteroatoms. The van der Waals surface area contributed by atoms with E-state index in [2.05, 4.69) is 48.5 Å². The second-order valence-corrected chi connectivity index (χ2v) is 20.7. The largest absolute Gasteiger partial charge is 0.491 e. The van der Waals surface area contributed by atoms with Gasteiger partial charge in [0.15, 0.2) is 0 Å². The summed E-state index contributed by atoms with van der Waals surface area (Å²) in [5.41, 5.74) is 0. The number of epoxide rings is 8. The van der Waals surface area contributed by atoms with Crippen LogP contribution in [0.2, 0.25) is 0 Å². The highest BCUT2D eigenvalue weighted by atomic mass is 16.6. The Kier molecular flexibility index (Phi) is 16.1. The number of ether oxygens (including phenoxy) is 16. The lowest BCUT2D eigenvalue weighted by molar-refractivity contribution is 0.262. The predicted octanol–water partition coefficient (Wildman–Crippen LogP) is 9.58. The van der Waals surface area contributed by atoms with Crippen molar-refractivity contribution >= 4 is 43.1 Å². The minimum atomic E-state index is 0.261. The first-order valence-electron chi connectivity index (χ1n) is 27.6. The maximum absolute atomic E-state index is 5.83. The fourth-order valence-electron chi connectivity index (χ4n) is 8.51. The van der Waals surface area contributed by atoms with Crippen LogP contribution >= 0.6 is 0 Å². The average molecular weight is 1090 g/mol. The zero-order valence-corrected chi connectivity index (χ0v) is 44.3. The molecule has 16 nitrogen and oxygen atoms in total. The van der Waals surface area contributed by atoms with Crippen LogP contribution in [0.25, 0.3) is 43.1 Å². The van der Waals surface area contributed by atoms with Crippen LogP contribution in [0.1, 0.15) is 0 Å². The zero-order valence-electron chi connectivity index (χ0n) is 44.3. The number of hydrogen-bond acceptors (Lipinski definition) is 16. The molecule has 0 bridgehead atoms. The van der Waals surface area contributed by atoms with Gasteiger partial charge in [0.05, 0.1) is 52.9 Å². The fourth-order valence-corrected chi connectivity index (χ4v) is 8.51. The van der Waals surface area contributed by atoms with Crippen LogP contribution in [-0.2, 0) is 37.9 Å². The molecule has 8 fully saturated rings. The van der Waals surface area contributed by atoms with Crippen molar-refractivity contribution in [3.8, 4) is 46.0 Å². The molecule has 80 heavy (non-hydrogen) atoms. The molecule has 8 aromatic rings. The van der Waals surface area contributed by atoms with E-state index in [0.717, 1.165) is 137 Å². The highest BCUT2D eigenvalue weighted by Gasteiger charge is 2.28. The second-order valence-electron chi connectivity index (χ2n) is 20.7. The summed E-state index contributed by atoms with van der Waals surface area (Å²) in [6.07, 6.45) is 2.17. The number of benzene rings is 8. The lowest BCUT2D eigenvalue weighted by Crippen LogP contribution is -2.05.